The summed E-state index contributed by atoms with van der Waals surface area (Å²) in [6.45, 7) is 1.66. The molecule has 0 unspecified atom stereocenters. The summed E-state index contributed by atoms with van der Waals surface area (Å²) in [5, 5.41) is 3.04. The molecule has 134 valence electrons. The van der Waals surface area contributed by atoms with Gasteiger partial charge in [0.15, 0.2) is 11.6 Å². The molecule has 1 aromatic heterocycles. The van der Waals surface area contributed by atoms with Crippen LogP contribution in [0.25, 0.3) is 10.9 Å². The lowest BCUT2D eigenvalue weighted by Gasteiger charge is -2.13. The molecule has 7 heteroatoms. The number of hydrogen-bond donors (Lipinski definition) is 1. The van der Waals surface area contributed by atoms with Crippen molar-refractivity contribution < 1.29 is 13.9 Å². The highest BCUT2D eigenvalue weighted by atomic mass is 19.1. The Morgan fingerprint density at radius 2 is 2.04 bits per heavy atom. The number of anilines is 1. The molecule has 26 heavy (non-hydrogen) atoms. The van der Waals surface area contributed by atoms with E-state index in [9.17, 15) is 14.0 Å². The molecule has 6 nitrogen and oxygen atoms in total. The number of methoxy groups -OCH3 is 1. The Morgan fingerprint density at radius 3 is 2.73 bits per heavy atom. The van der Waals surface area contributed by atoms with Crippen molar-refractivity contribution in [2.75, 3.05) is 12.4 Å². The fraction of sp³-hybridized carbons (Fsp3) is 0.211. The van der Waals surface area contributed by atoms with Crippen LogP contribution in [0.3, 0.4) is 0 Å². The maximum absolute atomic E-state index is 13.7. The number of aryl methyl sites for hydroxylation is 1. The molecule has 0 saturated heterocycles. The first-order valence-electron chi connectivity index (χ1n) is 8.15. The van der Waals surface area contributed by atoms with Gasteiger partial charge in [0.2, 0.25) is 5.91 Å². The Morgan fingerprint density at radius 1 is 1.27 bits per heavy atom. The first-order chi connectivity index (χ1) is 12.5. The summed E-state index contributed by atoms with van der Waals surface area (Å²) in [4.78, 5) is 29.5. The zero-order chi connectivity index (χ0) is 18.7. The SMILES string of the molecule is CCc1nc2ccccc2c(=O)n1CC(=O)Nc1ccc(OC)c(F)c1. The number of nitrogens with one attached hydrogen (secondary N) is 1. The molecule has 3 rings (SSSR count). The maximum Gasteiger partial charge on any atom is 0.261 e. The van der Waals surface area contributed by atoms with Gasteiger partial charge >= 0.3 is 0 Å². The predicted molar refractivity (Wildman–Crippen MR) is 97.0 cm³/mol. The number of aromatic nitrogens is 2. The van der Waals surface area contributed by atoms with Crippen molar-refractivity contribution in [3.05, 3.63) is 64.5 Å². The van der Waals surface area contributed by atoms with Crippen LogP contribution in [0.1, 0.15) is 12.7 Å². The van der Waals surface area contributed by atoms with Gasteiger partial charge in [-0.3, -0.25) is 14.2 Å². The van der Waals surface area contributed by atoms with Crippen molar-refractivity contribution in [2.45, 2.75) is 19.9 Å². The molecule has 3 aromatic rings. The molecule has 0 aliphatic carbocycles. The summed E-state index contributed by atoms with van der Waals surface area (Å²) in [7, 11) is 1.36. The molecule has 2 aromatic carbocycles. The van der Waals surface area contributed by atoms with Gasteiger partial charge in [-0.2, -0.15) is 0 Å². The standard InChI is InChI=1S/C19H18FN3O3/c1-3-17-22-15-7-5-4-6-13(15)19(25)23(17)11-18(24)21-12-8-9-16(26-2)14(20)10-12/h4-10H,3,11H2,1-2H3,(H,21,24). The number of para-hydroxylation sites is 1. The normalized spacial score (nSPS) is 10.7. The number of hydrogen-bond acceptors (Lipinski definition) is 4. The third kappa shape index (κ3) is 3.42. The molecule has 0 atom stereocenters. The second-order valence-electron chi connectivity index (χ2n) is 5.69. The number of rotatable bonds is 5. The van der Waals surface area contributed by atoms with E-state index in [1.54, 1.807) is 18.2 Å². The van der Waals surface area contributed by atoms with E-state index in [1.807, 2.05) is 13.0 Å². The third-order valence-electron chi connectivity index (χ3n) is 3.99. The van der Waals surface area contributed by atoms with Crippen molar-refractivity contribution >= 4 is 22.5 Å². The Hall–Kier alpha value is -3.22. The molecule has 0 spiro atoms. The molecule has 1 N–H and O–H groups in total. The Kier molecular flexibility index (Phi) is 4.97. The number of halogens is 1. The van der Waals surface area contributed by atoms with E-state index in [0.717, 1.165) is 0 Å². The number of carbonyl (C=O) groups is 1. The fourth-order valence-corrected chi connectivity index (χ4v) is 2.74. The van der Waals surface area contributed by atoms with Crippen molar-refractivity contribution in [3.8, 4) is 5.75 Å². The molecule has 1 heterocycles. The average molecular weight is 355 g/mol. The van der Waals surface area contributed by atoms with E-state index in [0.29, 0.717) is 23.1 Å². The topological polar surface area (TPSA) is 73.2 Å². The molecule has 1 amide bonds. The van der Waals surface area contributed by atoms with E-state index >= 15 is 0 Å². The smallest absolute Gasteiger partial charge is 0.261 e. The van der Waals surface area contributed by atoms with Crippen molar-refractivity contribution in [2.24, 2.45) is 0 Å². The van der Waals surface area contributed by atoms with E-state index in [2.05, 4.69) is 10.3 Å². The molecule has 0 aliphatic heterocycles. The molecule has 0 radical (unpaired) electrons. The van der Waals surface area contributed by atoms with Crippen LogP contribution in [-0.2, 0) is 17.8 Å². The number of nitrogens with zero attached hydrogens (tertiary/aromatic N) is 2. The number of ether oxygens (including phenoxy) is 1. The highest BCUT2D eigenvalue weighted by molar-refractivity contribution is 5.91. The van der Waals surface area contributed by atoms with Gasteiger partial charge in [-0.15, -0.1) is 0 Å². The van der Waals surface area contributed by atoms with Gasteiger partial charge in [0.25, 0.3) is 5.56 Å². The second-order valence-corrected chi connectivity index (χ2v) is 5.69. The van der Waals surface area contributed by atoms with E-state index < -0.39 is 11.7 Å². The van der Waals surface area contributed by atoms with Crippen LogP contribution < -0.4 is 15.6 Å². The molecule has 0 bridgehead atoms. The third-order valence-corrected chi connectivity index (χ3v) is 3.99. The Balaban J connectivity index is 1.88. The van der Waals surface area contributed by atoms with Gasteiger partial charge in [-0.1, -0.05) is 19.1 Å². The van der Waals surface area contributed by atoms with Crippen LogP contribution in [0.5, 0.6) is 5.75 Å². The van der Waals surface area contributed by atoms with E-state index in [4.69, 9.17) is 4.74 Å². The van der Waals surface area contributed by atoms with Crippen LogP contribution >= 0.6 is 0 Å². The minimum Gasteiger partial charge on any atom is -0.494 e. The summed E-state index contributed by atoms with van der Waals surface area (Å²) in [6, 6.07) is 11.1. The summed E-state index contributed by atoms with van der Waals surface area (Å²) < 4.78 is 19.9. The predicted octanol–water partition coefficient (Wildman–Crippen LogP) is 2.75. The molecular weight excluding hydrogens is 337 g/mol. The van der Waals surface area contributed by atoms with Gasteiger partial charge < -0.3 is 10.1 Å². The Labute approximate surface area is 149 Å². The molecular formula is C19H18FN3O3. The summed E-state index contributed by atoms with van der Waals surface area (Å²) in [5.41, 5.74) is 0.611. The first-order valence-corrected chi connectivity index (χ1v) is 8.15. The van der Waals surface area contributed by atoms with Crippen LogP contribution in [0.15, 0.2) is 47.3 Å². The van der Waals surface area contributed by atoms with E-state index in [-0.39, 0.29) is 23.5 Å². The number of fused-ring (bicyclic) bond motifs is 1. The second kappa shape index (κ2) is 7.35. The van der Waals surface area contributed by atoms with Crippen molar-refractivity contribution in [1.29, 1.82) is 0 Å². The lowest BCUT2D eigenvalue weighted by atomic mass is 10.2. The van der Waals surface area contributed by atoms with Crippen LogP contribution in [-0.4, -0.2) is 22.6 Å². The van der Waals surface area contributed by atoms with Gasteiger partial charge in [-0.25, -0.2) is 9.37 Å². The monoisotopic (exact) mass is 355 g/mol. The van der Waals surface area contributed by atoms with Crippen molar-refractivity contribution in [3.63, 3.8) is 0 Å². The zero-order valence-electron chi connectivity index (χ0n) is 14.5. The highest BCUT2D eigenvalue weighted by Gasteiger charge is 2.13. The number of benzene rings is 2. The van der Waals surface area contributed by atoms with Crippen LogP contribution in [0.2, 0.25) is 0 Å². The minimum absolute atomic E-state index is 0.0891. The van der Waals surface area contributed by atoms with Crippen LogP contribution in [0.4, 0.5) is 10.1 Å². The summed E-state index contributed by atoms with van der Waals surface area (Å²) >= 11 is 0. The fourth-order valence-electron chi connectivity index (χ4n) is 2.74. The average Bonchev–Trinajstić information content (AvgIpc) is 2.64. The van der Waals surface area contributed by atoms with Crippen molar-refractivity contribution in [1.82, 2.24) is 9.55 Å². The summed E-state index contributed by atoms with van der Waals surface area (Å²) in [6.07, 6.45) is 0.504. The van der Waals surface area contributed by atoms with Gasteiger partial charge in [0.1, 0.15) is 12.4 Å². The number of carbonyl (C=O) groups excluding carboxylic acids is 1. The molecule has 0 aliphatic rings. The number of amides is 1. The van der Waals surface area contributed by atoms with Gasteiger partial charge in [-0.05, 0) is 24.3 Å². The summed E-state index contributed by atoms with van der Waals surface area (Å²) in [5.74, 6) is -0.413. The minimum atomic E-state index is -0.580. The quantitative estimate of drug-likeness (QED) is 0.764. The lowest BCUT2D eigenvalue weighted by molar-refractivity contribution is -0.116. The maximum atomic E-state index is 13.7. The zero-order valence-corrected chi connectivity index (χ0v) is 14.5. The van der Waals surface area contributed by atoms with Crippen LogP contribution in [0, 0.1) is 5.82 Å². The highest BCUT2D eigenvalue weighted by Crippen LogP contribution is 2.20. The van der Waals surface area contributed by atoms with Gasteiger partial charge in [0.05, 0.1) is 18.0 Å². The van der Waals surface area contributed by atoms with Gasteiger partial charge in [0, 0.05) is 18.2 Å². The Bertz CT molecular complexity index is 1030. The molecule has 0 saturated carbocycles. The molecule has 0 fully saturated rings. The largest absolute Gasteiger partial charge is 0.494 e. The lowest BCUT2D eigenvalue weighted by Crippen LogP contribution is -2.31. The first kappa shape index (κ1) is 17.6. The van der Waals surface area contributed by atoms with E-state index in [1.165, 1.54) is 29.9 Å².